The number of hydrogen-bond acceptors (Lipinski definition) is 11. The number of aromatic nitrogens is 11. The molecule has 0 aliphatic heterocycles. The Hall–Kier alpha value is -19.5. The van der Waals surface area contributed by atoms with E-state index in [2.05, 4.69) is 431 Å². The van der Waals surface area contributed by atoms with Crippen molar-refractivity contribution < 1.29 is 0 Å². The van der Waals surface area contributed by atoms with Crippen molar-refractivity contribution >= 4 is 0 Å². The summed E-state index contributed by atoms with van der Waals surface area (Å²) in [5, 5.41) is 0. The summed E-state index contributed by atoms with van der Waals surface area (Å²) in [5.74, 6) is 0. The Morgan fingerprint density at radius 2 is 0.194 bits per heavy atom. The number of hydrogen-bond donors (Lipinski definition) is 0. The van der Waals surface area contributed by atoms with Crippen LogP contribution < -0.4 is 0 Å². The molecule has 9 aromatic heterocycles. The standard InChI is InChI=1S/2C45H31N3.C43H29N5/c1-8-32(22-36(12-1)40-16-5-19-46-29-40)34-10-3-14-38(24-34)43-26-44(28-45(27-43)42-18-7-21-48-31-42)39-15-4-11-35(25-39)33-9-2-13-37(23-33)41-17-6-20-47-30-41;1-6-34(32-15-20-46-21-16-32)24-36(8-1)38-10-3-12-40(26-38)43-28-44(30-45(29-43)42-14-5-19-48-31-42)41-13-4-11-39(27-41)37-9-2-7-35(25-37)33-17-22-47-23-18-33;1-6-30(32-8-3-12-36(18-32)42-24-45-28-46-25-42)16-34(10-1)39-20-40(22-41(21-39)38-14-5-15-44-23-38)35-11-2-7-31(17-35)33-9-4-13-37(19-33)43-26-47-29-48-27-43/h2*1-31H;1-29H. The largest absolute Gasteiger partial charge is 0.265 e. The van der Waals surface area contributed by atoms with Crippen molar-refractivity contribution in [3.8, 4) is 234 Å². The number of rotatable bonds is 21. The smallest absolute Gasteiger partial charge is 0.115 e. The van der Waals surface area contributed by atoms with Crippen LogP contribution in [0, 0.1) is 0 Å². The second kappa shape index (κ2) is 42.6. The molecule has 9 heterocycles. The Balaban J connectivity index is 0.000000123. The van der Waals surface area contributed by atoms with Gasteiger partial charge in [-0.3, -0.25) is 34.9 Å². The molecule has 0 fully saturated rings. The maximum Gasteiger partial charge on any atom is 0.115 e. The van der Waals surface area contributed by atoms with Gasteiger partial charge < -0.3 is 0 Å². The molecule has 678 valence electrons. The molecule has 144 heavy (non-hydrogen) atoms. The molecular weight excluding hydrogens is 1750 g/mol. The SMILES string of the molecule is c1cncc(-c2cc(-c3cccc(-c4cccc(-c5ccncc5)c4)c3)cc(-c3cccc(-c4cccc(-c5ccncc5)c4)c3)c2)c1.c1cncc(-c2cc(-c3cccc(-c4cccc(-c5cncnc5)c4)c3)cc(-c3cccc(-c4cccc(-c5cncnc5)c4)c3)c2)c1.c1cncc(-c2cccc(-c3cccc(-c4cc(-c5cccnc5)cc(-c5cccc(-c6cccc(-c7cccnc7)c6)c5)c4)c3)c2)c1. The molecule has 0 bridgehead atoms. The third-order valence-electron chi connectivity index (χ3n) is 25.9. The topological polar surface area (TPSA) is 142 Å². The molecule has 0 saturated carbocycles. The molecule has 0 saturated heterocycles. The lowest BCUT2D eigenvalue weighted by Crippen LogP contribution is -1.89. The molecule has 15 aromatic carbocycles. The second-order valence-corrected chi connectivity index (χ2v) is 35.3. The monoisotopic (exact) mass is 1840 g/mol. The highest BCUT2D eigenvalue weighted by Gasteiger charge is 2.19. The van der Waals surface area contributed by atoms with Gasteiger partial charge >= 0.3 is 0 Å². The second-order valence-electron chi connectivity index (χ2n) is 35.3. The maximum absolute atomic E-state index is 4.43. The average Bonchev–Trinajstić information content (AvgIpc) is 0.896. The third kappa shape index (κ3) is 21.1. The minimum Gasteiger partial charge on any atom is -0.265 e. The molecule has 0 radical (unpaired) electrons. The predicted molar refractivity (Wildman–Crippen MR) is 589 cm³/mol. The van der Waals surface area contributed by atoms with Gasteiger partial charge in [0.25, 0.3) is 0 Å². The number of benzene rings is 15. The van der Waals surface area contributed by atoms with Gasteiger partial charge in [-0.1, -0.05) is 249 Å². The lowest BCUT2D eigenvalue weighted by molar-refractivity contribution is 1.17. The van der Waals surface area contributed by atoms with E-state index in [1.54, 1.807) is 12.7 Å². The Bertz CT molecular complexity index is 7370. The summed E-state index contributed by atoms with van der Waals surface area (Å²) in [5.41, 5.74) is 47.7. The quantitative estimate of drug-likeness (QED) is 0.0678. The lowest BCUT2D eigenvalue weighted by atomic mass is 9.91. The van der Waals surface area contributed by atoms with Crippen molar-refractivity contribution in [2.75, 3.05) is 0 Å². The van der Waals surface area contributed by atoms with E-state index in [1.165, 1.54) is 55.6 Å². The fourth-order valence-corrected chi connectivity index (χ4v) is 18.6. The van der Waals surface area contributed by atoms with E-state index in [0.29, 0.717) is 0 Å². The van der Waals surface area contributed by atoms with Crippen LogP contribution in [-0.4, -0.2) is 54.8 Å². The first kappa shape index (κ1) is 89.7. The highest BCUT2D eigenvalue weighted by atomic mass is 14.8. The summed E-state index contributed by atoms with van der Waals surface area (Å²) in [4.78, 5) is 47.1. The summed E-state index contributed by atoms with van der Waals surface area (Å²) in [7, 11) is 0. The Labute approximate surface area is 837 Å². The van der Waals surface area contributed by atoms with E-state index in [4.69, 9.17) is 0 Å². The van der Waals surface area contributed by atoms with E-state index < -0.39 is 0 Å². The molecule has 0 amide bonds. The predicted octanol–water partition coefficient (Wildman–Crippen LogP) is 33.4. The first-order valence-corrected chi connectivity index (χ1v) is 47.8. The maximum atomic E-state index is 4.43. The van der Waals surface area contributed by atoms with Gasteiger partial charge in [-0.05, 0) is 377 Å². The van der Waals surface area contributed by atoms with Gasteiger partial charge in [0.1, 0.15) is 12.7 Å². The molecule has 0 aliphatic rings. The molecule has 0 N–H and O–H groups in total. The third-order valence-corrected chi connectivity index (χ3v) is 25.9. The summed E-state index contributed by atoms with van der Waals surface area (Å²) >= 11 is 0. The van der Waals surface area contributed by atoms with Crippen molar-refractivity contribution in [3.63, 3.8) is 0 Å². The molecule has 11 heteroatoms. The van der Waals surface area contributed by atoms with Crippen LogP contribution in [0.25, 0.3) is 234 Å². The number of pyridine rings is 7. The zero-order valence-corrected chi connectivity index (χ0v) is 78.5. The average molecular weight is 1840 g/mol. The van der Waals surface area contributed by atoms with Crippen LogP contribution in [0.2, 0.25) is 0 Å². The fraction of sp³-hybridized carbons (Fsp3) is 0. The van der Waals surface area contributed by atoms with Crippen LogP contribution >= 0.6 is 0 Å². The van der Waals surface area contributed by atoms with Gasteiger partial charge in [0.2, 0.25) is 0 Å². The van der Waals surface area contributed by atoms with E-state index >= 15 is 0 Å². The zero-order chi connectivity index (χ0) is 96.4. The molecule has 24 aromatic rings. The van der Waals surface area contributed by atoms with Crippen molar-refractivity contribution in [3.05, 3.63) is 555 Å². The van der Waals surface area contributed by atoms with Gasteiger partial charge in [0, 0.05) is 150 Å². The summed E-state index contributed by atoms with van der Waals surface area (Å²) in [6.45, 7) is 0. The summed E-state index contributed by atoms with van der Waals surface area (Å²) in [6, 6.07) is 154. The van der Waals surface area contributed by atoms with E-state index in [0.717, 1.165) is 178 Å². The molecule has 0 unspecified atom stereocenters. The normalized spacial score (nSPS) is 10.9. The molecule has 0 atom stereocenters. The van der Waals surface area contributed by atoms with Crippen LogP contribution in [-0.2, 0) is 0 Å². The fourth-order valence-electron chi connectivity index (χ4n) is 18.6. The first-order valence-electron chi connectivity index (χ1n) is 47.8. The highest BCUT2D eigenvalue weighted by Crippen LogP contribution is 2.43. The van der Waals surface area contributed by atoms with Gasteiger partial charge in [0.05, 0.1) is 0 Å². The Morgan fingerprint density at radius 3 is 0.361 bits per heavy atom. The molecule has 11 nitrogen and oxygen atoms in total. The van der Waals surface area contributed by atoms with Crippen LogP contribution in [0.4, 0.5) is 0 Å². The van der Waals surface area contributed by atoms with E-state index in [1.807, 2.05) is 166 Å². The first-order chi connectivity index (χ1) is 71.3. The van der Waals surface area contributed by atoms with Crippen LogP contribution in [0.5, 0.6) is 0 Å². The summed E-state index contributed by atoms with van der Waals surface area (Å²) in [6.07, 6.45) is 36.5. The van der Waals surface area contributed by atoms with Crippen molar-refractivity contribution in [1.82, 2.24) is 54.8 Å². The molecule has 0 spiro atoms. The Kier molecular flexibility index (Phi) is 26.6. The molecule has 0 aliphatic carbocycles. The minimum atomic E-state index is 0.993. The highest BCUT2D eigenvalue weighted by molar-refractivity contribution is 5.91. The van der Waals surface area contributed by atoms with Crippen molar-refractivity contribution in [1.29, 1.82) is 0 Å². The molecule has 24 rings (SSSR count). The van der Waals surface area contributed by atoms with Gasteiger partial charge in [-0.25, -0.2) is 19.9 Å². The van der Waals surface area contributed by atoms with Gasteiger partial charge in [-0.2, -0.15) is 0 Å². The summed E-state index contributed by atoms with van der Waals surface area (Å²) < 4.78 is 0. The van der Waals surface area contributed by atoms with Gasteiger partial charge in [0.15, 0.2) is 0 Å². The van der Waals surface area contributed by atoms with Crippen LogP contribution in [0.1, 0.15) is 0 Å². The lowest BCUT2D eigenvalue weighted by Gasteiger charge is -2.14. The minimum absolute atomic E-state index is 0.993. The van der Waals surface area contributed by atoms with E-state index in [-0.39, 0.29) is 0 Å². The number of nitrogens with zero attached hydrogens (tertiary/aromatic N) is 11. The Morgan fingerprint density at radius 1 is 0.0764 bits per heavy atom. The van der Waals surface area contributed by atoms with Crippen molar-refractivity contribution in [2.45, 2.75) is 0 Å². The van der Waals surface area contributed by atoms with Gasteiger partial charge in [-0.15, -0.1) is 0 Å². The van der Waals surface area contributed by atoms with Crippen LogP contribution in [0.3, 0.4) is 0 Å². The van der Waals surface area contributed by atoms with E-state index in [9.17, 15) is 0 Å². The molecular formula is C133H91N11. The van der Waals surface area contributed by atoms with Crippen molar-refractivity contribution in [2.24, 2.45) is 0 Å². The van der Waals surface area contributed by atoms with Crippen LogP contribution in [0.15, 0.2) is 555 Å². The zero-order valence-electron chi connectivity index (χ0n) is 78.5.